The van der Waals surface area contributed by atoms with Gasteiger partial charge < -0.3 is 0 Å². The molecule has 0 aromatic carbocycles. The van der Waals surface area contributed by atoms with Gasteiger partial charge in [0.05, 0.1) is 12.6 Å². The number of rotatable bonds is 3. The molecule has 0 fully saturated rings. The van der Waals surface area contributed by atoms with Crippen LogP contribution < -0.4 is 0 Å². The summed E-state index contributed by atoms with van der Waals surface area (Å²) in [5, 5.41) is 16.7. The lowest BCUT2D eigenvalue weighted by Gasteiger charge is -2.00. The highest BCUT2D eigenvalue weighted by atomic mass is 32.1. The first-order valence-corrected chi connectivity index (χ1v) is 4.73. The van der Waals surface area contributed by atoms with Crippen LogP contribution in [0.3, 0.4) is 0 Å². The first kappa shape index (κ1) is 13.8. The molecule has 0 heterocycles. The van der Waals surface area contributed by atoms with Gasteiger partial charge in [0.15, 0.2) is 6.07 Å². The Morgan fingerprint density at radius 2 is 2.06 bits per heavy atom. The Hall–Kier alpha value is -2.21. The van der Waals surface area contributed by atoms with Gasteiger partial charge in [-0.1, -0.05) is 12.2 Å². The molecule has 0 rings (SSSR count). The van der Waals surface area contributed by atoms with E-state index in [0.29, 0.717) is 5.57 Å². The minimum absolute atomic E-state index is 0.00639. The molecule has 5 heteroatoms. The van der Waals surface area contributed by atoms with Gasteiger partial charge in [-0.25, -0.2) is 16.7 Å². The predicted molar refractivity (Wildman–Crippen MR) is 62.8 cm³/mol. The monoisotopic (exact) mass is 228 g/mol. The summed E-state index contributed by atoms with van der Waals surface area (Å²) in [7, 11) is 0. The fourth-order valence-electron chi connectivity index (χ4n) is 0.810. The minimum Gasteiger partial charge on any atom is -0.296 e. The molecular formula is C11H8N4S. The van der Waals surface area contributed by atoms with Crippen LogP contribution in [0.1, 0.15) is 6.92 Å². The number of allylic oxidation sites excluding steroid dienone is 3. The summed E-state index contributed by atoms with van der Waals surface area (Å²) in [6.07, 6.45) is 3.07. The molecule has 0 amide bonds. The number of hydrogen-bond acceptors (Lipinski definition) is 3. The fourth-order valence-corrected chi connectivity index (χ4v) is 1.03. The molecule has 78 valence electrons. The highest BCUT2D eigenvalue weighted by molar-refractivity contribution is 7.81. The molecule has 0 radical (unpaired) electrons. The maximum atomic E-state index is 8.60. The van der Waals surface area contributed by atoms with Gasteiger partial charge in [-0.15, -0.1) is 0 Å². The van der Waals surface area contributed by atoms with E-state index < -0.39 is 11.3 Å². The third-order valence-corrected chi connectivity index (χ3v) is 2.18. The van der Waals surface area contributed by atoms with Gasteiger partial charge in [0.25, 0.3) is 5.70 Å². The number of nitrogens with zero attached hydrogens (tertiary/aromatic N) is 4. The summed E-state index contributed by atoms with van der Waals surface area (Å²) in [6.45, 7) is 15.1. The lowest BCUT2D eigenvalue weighted by atomic mass is 10.1. The number of nitriles is 2. The largest absolute Gasteiger partial charge is 0.321 e. The molecule has 0 saturated heterocycles. The van der Waals surface area contributed by atoms with Crippen molar-refractivity contribution in [2.45, 2.75) is 18.2 Å². The molecule has 2 atom stereocenters. The molecule has 2 unspecified atom stereocenters. The smallest absolute Gasteiger partial charge is 0.296 e. The van der Waals surface area contributed by atoms with Crippen molar-refractivity contribution >= 4 is 12.6 Å². The third-order valence-electron chi connectivity index (χ3n) is 1.73. The molecule has 16 heavy (non-hydrogen) atoms. The van der Waals surface area contributed by atoms with Gasteiger partial charge in [-0.2, -0.15) is 17.9 Å². The highest BCUT2D eigenvalue weighted by Crippen LogP contribution is 2.11. The van der Waals surface area contributed by atoms with Gasteiger partial charge >= 0.3 is 6.04 Å². The van der Waals surface area contributed by atoms with Crippen LogP contribution in [-0.4, -0.2) is 11.3 Å². The second-order valence-corrected chi connectivity index (χ2v) is 3.40. The van der Waals surface area contributed by atoms with Gasteiger partial charge in [-0.3, -0.25) is 4.85 Å². The van der Waals surface area contributed by atoms with E-state index in [1.165, 1.54) is 12.2 Å². The number of hydrogen-bond donors (Lipinski definition) is 1. The van der Waals surface area contributed by atoms with E-state index in [2.05, 4.69) is 22.3 Å². The Morgan fingerprint density at radius 1 is 1.44 bits per heavy atom. The molecule has 0 aromatic heterocycles. The molecule has 0 spiro atoms. The van der Waals surface area contributed by atoms with Gasteiger partial charge in [0.2, 0.25) is 0 Å². The van der Waals surface area contributed by atoms with Crippen LogP contribution in [0.5, 0.6) is 0 Å². The van der Waals surface area contributed by atoms with Crippen molar-refractivity contribution in [3.05, 3.63) is 46.3 Å². The van der Waals surface area contributed by atoms with Crippen LogP contribution >= 0.6 is 12.6 Å². The van der Waals surface area contributed by atoms with Gasteiger partial charge in [-0.05, 0) is 12.5 Å². The average Bonchev–Trinajstić information content (AvgIpc) is 2.29. The second kappa shape index (κ2) is 7.13. The first-order valence-electron chi connectivity index (χ1n) is 4.21. The van der Waals surface area contributed by atoms with Crippen LogP contribution in [0.15, 0.2) is 23.4 Å². The number of thiol groups is 1. The van der Waals surface area contributed by atoms with E-state index in [-0.39, 0.29) is 5.70 Å². The van der Waals surface area contributed by atoms with Crippen LogP contribution in [-0.2, 0) is 0 Å². The lowest BCUT2D eigenvalue weighted by Crippen LogP contribution is -2.12. The van der Waals surface area contributed by atoms with Crippen molar-refractivity contribution in [2.24, 2.45) is 0 Å². The molecule has 0 N–H and O–H groups in total. The summed E-state index contributed by atoms with van der Waals surface area (Å²) >= 11 is 4.08. The van der Waals surface area contributed by atoms with Crippen molar-refractivity contribution in [1.29, 1.82) is 10.5 Å². The van der Waals surface area contributed by atoms with Crippen molar-refractivity contribution in [3.8, 4) is 12.1 Å². The van der Waals surface area contributed by atoms with Gasteiger partial charge in [0, 0.05) is 0 Å². The molecule has 0 aliphatic heterocycles. The Morgan fingerprint density at radius 3 is 2.44 bits per heavy atom. The SMILES string of the molecule is [C-]#[N+]/C(C#N)=C(C)/C=C\C(S)C(C#N)[N+]#[C-]. The van der Waals surface area contributed by atoms with Crippen molar-refractivity contribution < 1.29 is 0 Å². The minimum atomic E-state index is -0.856. The van der Waals surface area contributed by atoms with Crippen LogP contribution in [0.4, 0.5) is 0 Å². The van der Waals surface area contributed by atoms with E-state index in [4.69, 9.17) is 23.7 Å². The second-order valence-electron chi connectivity index (χ2n) is 2.81. The Bertz CT molecular complexity index is 446. The van der Waals surface area contributed by atoms with E-state index in [0.717, 1.165) is 0 Å². The van der Waals surface area contributed by atoms with Crippen LogP contribution in [0, 0.1) is 35.8 Å². The highest BCUT2D eigenvalue weighted by Gasteiger charge is 2.18. The summed E-state index contributed by atoms with van der Waals surface area (Å²) in [6, 6.07) is 2.71. The van der Waals surface area contributed by atoms with Crippen molar-refractivity contribution in [2.75, 3.05) is 0 Å². The molecule has 0 bridgehead atoms. The first-order chi connectivity index (χ1) is 7.60. The van der Waals surface area contributed by atoms with Gasteiger partial charge in [0.1, 0.15) is 5.25 Å². The van der Waals surface area contributed by atoms with Crippen LogP contribution in [0.25, 0.3) is 9.69 Å². The van der Waals surface area contributed by atoms with E-state index in [1.54, 1.807) is 13.0 Å². The Balaban J connectivity index is 4.86. The predicted octanol–water partition coefficient (Wildman–Crippen LogP) is 2.37. The molecule has 0 aromatic rings. The van der Waals surface area contributed by atoms with E-state index in [1.807, 2.05) is 6.07 Å². The Labute approximate surface area is 100 Å². The summed E-state index contributed by atoms with van der Waals surface area (Å²) < 4.78 is 0. The zero-order valence-electron chi connectivity index (χ0n) is 8.55. The average molecular weight is 228 g/mol. The normalized spacial score (nSPS) is 14.9. The molecule has 4 nitrogen and oxygen atoms in total. The summed E-state index contributed by atoms with van der Waals surface area (Å²) in [5.74, 6) is 0. The van der Waals surface area contributed by atoms with E-state index >= 15 is 0 Å². The molecule has 0 aliphatic carbocycles. The lowest BCUT2D eigenvalue weighted by molar-refractivity contribution is 0.995. The maximum absolute atomic E-state index is 8.60. The Kier molecular flexibility index (Phi) is 6.15. The quantitative estimate of drug-likeness (QED) is 0.349. The molecule has 0 aliphatic rings. The third kappa shape index (κ3) is 3.89. The fraction of sp³-hybridized carbons (Fsp3) is 0.273. The standard InChI is InChI=1S/C11H8N4S/c1-8(9(6-12)14-2)4-5-11(16)10(7-13)15-3/h4-5,10-11,16H,1H3/b5-4-,9-8+. The zero-order chi connectivity index (χ0) is 12.6. The van der Waals surface area contributed by atoms with E-state index in [9.17, 15) is 0 Å². The maximum Gasteiger partial charge on any atom is 0.321 e. The van der Waals surface area contributed by atoms with Crippen molar-refractivity contribution in [3.63, 3.8) is 0 Å². The van der Waals surface area contributed by atoms with Crippen LogP contribution in [0.2, 0.25) is 0 Å². The molecule has 0 saturated carbocycles. The zero-order valence-corrected chi connectivity index (χ0v) is 9.44. The summed E-state index contributed by atoms with van der Waals surface area (Å²) in [4.78, 5) is 6.13. The summed E-state index contributed by atoms with van der Waals surface area (Å²) in [5.41, 5.74) is 0.492. The topological polar surface area (TPSA) is 56.3 Å². The molecular weight excluding hydrogens is 220 g/mol. The van der Waals surface area contributed by atoms with Crippen molar-refractivity contribution in [1.82, 2.24) is 0 Å².